The molecule has 102 valence electrons. The first-order chi connectivity index (χ1) is 9.75. The molecule has 0 atom stereocenters. The van der Waals surface area contributed by atoms with E-state index in [2.05, 4.69) is 42.0 Å². The van der Waals surface area contributed by atoms with Crippen molar-refractivity contribution >= 4 is 28.0 Å². The van der Waals surface area contributed by atoms with E-state index < -0.39 is 0 Å². The maximum Gasteiger partial charge on any atom is 0.172 e. The lowest BCUT2D eigenvalue weighted by atomic mass is 10.2. The molecule has 2 heterocycles. The molecule has 0 unspecified atom stereocenters. The molecule has 0 radical (unpaired) electrons. The molecule has 0 N–H and O–H groups in total. The second-order valence-electron chi connectivity index (χ2n) is 5.03. The lowest BCUT2D eigenvalue weighted by Crippen LogP contribution is -2.01. The first kappa shape index (κ1) is 13.1. The van der Waals surface area contributed by atoms with Gasteiger partial charge in [0.15, 0.2) is 5.78 Å². The molecule has 0 fully saturated rings. The molecule has 0 saturated heterocycles. The van der Waals surface area contributed by atoms with Gasteiger partial charge in [-0.05, 0) is 36.4 Å². The second kappa shape index (κ2) is 5.63. The van der Waals surface area contributed by atoms with Crippen LogP contribution in [0.15, 0.2) is 48.0 Å². The quantitative estimate of drug-likeness (QED) is 0.623. The Labute approximate surface area is 122 Å². The molecule has 0 aliphatic carbocycles. The van der Waals surface area contributed by atoms with Crippen molar-refractivity contribution in [2.24, 2.45) is 0 Å². The highest BCUT2D eigenvalue weighted by Gasteiger charge is 2.08. The van der Waals surface area contributed by atoms with Gasteiger partial charge in [-0.25, -0.2) is 0 Å². The zero-order valence-electron chi connectivity index (χ0n) is 11.5. The number of carbonyl (C=O) groups excluding carboxylic acids is 1. The van der Waals surface area contributed by atoms with E-state index in [1.54, 1.807) is 0 Å². The van der Waals surface area contributed by atoms with Crippen LogP contribution in [0, 0.1) is 6.92 Å². The molecule has 3 aromatic rings. The molecule has 0 aliphatic rings. The van der Waals surface area contributed by atoms with Crippen molar-refractivity contribution in [3.8, 4) is 0 Å². The summed E-state index contributed by atoms with van der Waals surface area (Å²) in [6, 6.07) is 12.3. The summed E-state index contributed by atoms with van der Waals surface area (Å²) in [5.74, 6) is 0.258. The number of nitrogens with zero attached hydrogens (tertiary/aromatic N) is 1. The number of para-hydroxylation sites is 1. The van der Waals surface area contributed by atoms with E-state index in [1.807, 2.05) is 17.5 Å². The van der Waals surface area contributed by atoms with Crippen LogP contribution in [-0.2, 0) is 6.54 Å². The SMILES string of the molecule is Cc1cn(CCCC(=O)c2cccs2)c2ccccc12. The number of hydrogen-bond donors (Lipinski definition) is 0. The van der Waals surface area contributed by atoms with Crippen molar-refractivity contribution < 1.29 is 4.79 Å². The molecule has 3 rings (SSSR count). The Hall–Kier alpha value is -1.87. The van der Waals surface area contributed by atoms with Gasteiger partial charge in [0, 0.05) is 30.1 Å². The fraction of sp³-hybridized carbons (Fsp3) is 0.235. The number of rotatable bonds is 5. The zero-order chi connectivity index (χ0) is 13.9. The van der Waals surface area contributed by atoms with Gasteiger partial charge in [-0.1, -0.05) is 24.3 Å². The van der Waals surface area contributed by atoms with Gasteiger partial charge in [0.25, 0.3) is 0 Å². The van der Waals surface area contributed by atoms with Crippen molar-refractivity contribution in [3.05, 3.63) is 58.4 Å². The minimum absolute atomic E-state index is 0.258. The third kappa shape index (κ3) is 2.54. The summed E-state index contributed by atoms with van der Waals surface area (Å²) in [7, 11) is 0. The first-order valence-corrected chi connectivity index (χ1v) is 7.75. The molecule has 3 heteroatoms. The van der Waals surface area contributed by atoms with Crippen LogP contribution in [0.1, 0.15) is 28.1 Å². The molecular weight excluding hydrogens is 266 g/mol. The highest BCUT2D eigenvalue weighted by Crippen LogP contribution is 2.21. The van der Waals surface area contributed by atoms with E-state index in [-0.39, 0.29) is 5.78 Å². The maximum atomic E-state index is 12.0. The van der Waals surface area contributed by atoms with Gasteiger partial charge >= 0.3 is 0 Å². The summed E-state index contributed by atoms with van der Waals surface area (Å²) in [6.45, 7) is 3.03. The lowest BCUT2D eigenvalue weighted by Gasteiger charge is -2.04. The third-order valence-corrected chi connectivity index (χ3v) is 4.50. The molecular formula is C17H17NOS. The number of thiophene rings is 1. The Bertz CT molecular complexity index is 725. The predicted molar refractivity (Wildman–Crippen MR) is 84.6 cm³/mol. The monoisotopic (exact) mass is 283 g/mol. The molecule has 0 saturated carbocycles. The van der Waals surface area contributed by atoms with Crippen LogP contribution >= 0.6 is 11.3 Å². The number of fused-ring (bicyclic) bond motifs is 1. The van der Waals surface area contributed by atoms with Gasteiger partial charge < -0.3 is 4.57 Å². The molecule has 1 aromatic carbocycles. The van der Waals surface area contributed by atoms with Crippen molar-refractivity contribution in [1.82, 2.24) is 4.57 Å². The number of aromatic nitrogens is 1. The minimum Gasteiger partial charge on any atom is -0.347 e. The Morgan fingerprint density at radius 2 is 2.05 bits per heavy atom. The van der Waals surface area contributed by atoms with E-state index in [9.17, 15) is 4.79 Å². The van der Waals surface area contributed by atoms with E-state index >= 15 is 0 Å². The number of benzene rings is 1. The molecule has 0 aliphatic heterocycles. The Balaban J connectivity index is 1.67. The van der Waals surface area contributed by atoms with Crippen LogP contribution in [0.4, 0.5) is 0 Å². The number of ketones is 1. The Kier molecular flexibility index (Phi) is 3.70. The predicted octanol–water partition coefficient (Wildman–Crippen LogP) is 4.67. The van der Waals surface area contributed by atoms with Crippen LogP contribution in [0.5, 0.6) is 0 Å². The number of Topliss-reactive ketones (excluding diaryl/α,β-unsaturated/α-hetero) is 1. The summed E-state index contributed by atoms with van der Waals surface area (Å²) in [4.78, 5) is 12.8. The van der Waals surface area contributed by atoms with Crippen LogP contribution in [0.2, 0.25) is 0 Å². The summed E-state index contributed by atoms with van der Waals surface area (Å²) in [5.41, 5.74) is 2.55. The smallest absolute Gasteiger partial charge is 0.172 e. The van der Waals surface area contributed by atoms with Gasteiger partial charge in [0.05, 0.1) is 4.88 Å². The number of aryl methyl sites for hydroxylation is 2. The van der Waals surface area contributed by atoms with Crippen LogP contribution < -0.4 is 0 Å². The normalized spacial score (nSPS) is 11.1. The van der Waals surface area contributed by atoms with E-state index in [1.165, 1.54) is 27.8 Å². The van der Waals surface area contributed by atoms with Crippen molar-refractivity contribution in [3.63, 3.8) is 0 Å². The summed E-state index contributed by atoms with van der Waals surface area (Å²) < 4.78 is 2.26. The molecule has 2 aromatic heterocycles. The van der Waals surface area contributed by atoms with Crippen LogP contribution in [0.3, 0.4) is 0 Å². The fourth-order valence-electron chi connectivity index (χ4n) is 2.59. The van der Waals surface area contributed by atoms with Crippen LogP contribution in [-0.4, -0.2) is 10.4 Å². The molecule has 0 spiro atoms. The highest BCUT2D eigenvalue weighted by atomic mass is 32.1. The van der Waals surface area contributed by atoms with Gasteiger partial charge in [-0.3, -0.25) is 4.79 Å². The van der Waals surface area contributed by atoms with Crippen molar-refractivity contribution in [2.45, 2.75) is 26.3 Å². The Morgan fingerprint density at radius 3 is 2.85 bits per heavy atom. The molecule has 0 bridgehead atoms. The number of carbonyl (C=O) groups is 1. The average Bonchev–Trinajstić information content (AvgIpc) is 3.09. The third-order valence-electron chi connectivity index (χ3n) is 3.59. The van der Waals surface area contributed by atoms with Crippen LogP contribution in [0.25, 0.3) is 10.9 Å². The van der Waals surface area contributed by atoms with E-state index in [0.717, 1.165) is 17.8 Å². The molecule has 0 amide bonds. The summed E-state index contributed by atoms with van der Waals surface area (Å²) in [5, 5.41) is 3.26. The van der Waals surface area contributed by atoms with Crippen molar-refractivity contribution in [1.29, 1.82) is 0 Å². The van der Waals surface area contributed by atoms with Gasteiger partial charge in [-0.15, -0.1) is 11.3 Å². The topological polar surface area (TPSA) is 22.0 Å². The van der Waals surface area contributed by atoms with E-state index in [4.69, 9.17) is 0 Å². The Morgan fingerprint density at radius 1 is 1.20 bits per heavy atom. The first-order valence-electron chi connectivity index (χ1n) is 6.87. The van der Waals surface area contributed by atoms with Gasteiger partial charge in [-0.2, -0.15) is 0 Å². The van der Waals surface area contributed by atoms with Crippen molar-refractivity contribution in [2.75, 3.05) is 0 Å². The van der Waals surface area contributed by atoms with Gasteiger partial charge in [0.2, 0.25) is 0 Å². The molecule has 20 heavy (non-hydrogen) atoms. The van der Waals surface area contributed by atoms with E-state index in [0.29, 0.717) is 6.42 Å². The highest BCUT2D eigenvalue weighted by molar-refractivity contribution is 7.12. The minimum atomic E-state index is 0.258. The largest absolute Gasteiger partial charge is 0.347 e. The lowest BCUT2D eigenvalue weighted by molar-refractivity contribution is 0.0982. The van der Waals surface area contributed by atoms with Gasteiger partial charge in [0.1, 0.15) is 0 Å². The standard InChI is InChI=1S/C17H17NOS/c1-13-12-18(15-7-3-2-6-14(13)15)10-4-8-16(19)17-9-5-11-20-17/h2-3,5-7,9,11-12H,4,8,10H2,1H3. The fourth-order valence-corrected chi connectivity index (χ4v) is 3.28. The molecule has 2 nitrogen and oxygen atoms in total. The average molecular weight is 283 g/mol. The summed E-state index contributed by atoms with van der Waals surface area (Å²) >= 11 is 1.53. The maximum absolute atomic E-state index is 12.0. The zero-order valence-corrected chi connectivity index (χ0v) is 12.3. The summed E-state index contributed by atoms with van der Waals surface area (Å²) in [6.07, 6.45) is 3.68. The number of hydrogen-bond acceptors (Lipinski definition) is 2. The second-order valence-corrected chi connectivity index (χ2v) is 5.97.